The number of rotatable bonds is 2. The first-order chi connectivity index (χ1) is 9.57. The highest BCUT2D eigenvalue weighted by Gasteiger charge is 2.45. The molecule has 0 saturated carbocycles. The van der Waals surface area contributed by atoms with Crippen molar-refractivity contribution in [2.24, 2.45) is 0 Å². The maximum absolute atomic E-state index is 13.5. The van der Waals surface area contributed by atoms with Crippen molar-refractivity contribution in [1.82, 2.24) is 10.2 Å². The van der Waals surface area contributed by atoms with E-state index in [1.165, 1.54) is 16.2 Å². The van der Waals surface area contributed by atoms with Gasteiger partial charge in [0.15, 0.2) is 0 Å². The molecule has 2 aromatic rings. The molecule has 0 unspecified atom stereocenters. The van der Waals surface area contributed by atoms with E-state index in [2.05, 4.69) is 5.32 Å². The van der Waals surface area contributed by atoms with Crippen LogP contribution in [0.5, 0.6) is 0 Å². The Morgan fingerprint density at radius 2 is 1.85 bits per heavy atom. The van der Waals surface area contributed by atoms with Crippen molar-refractivity contribution in [1.29, 1.82) is 0 Å². The molecule has 1 aliphatic heterocycles. The van der Waals surface area contributed by atoms with Gasteiger partial charge in [0.25, 0.3) is 0 Å². The van der Waals surface area contributed by atoms with E-state index in [0.717, 1.165) is 10.1 Å². The Morgan fingerprint density at radius 1 is 1.15 bits per heavy atom. The minimum atomic E-state index is -4.25. The molecule has 0 bridgehead atoms. The SMILES string of the molecule is FC(F)(F)[C@@H](c1csc2ccccc12)N1CCNCC1. The minimum absolute atomic E-state index is 0.389. The Labute approximate surface area is 119 Å². The van der Waals surface area contributed by atoms with Gasteiger partial charge >= 0.3 is 6.18 Å². The average molecular weight is 300 g/mol. The summed E-state index contributed by atoms with van der Waals surface area (Å²) in [4.78, 5) is 1.53. The van der Waals surface area contributed by atoms with Gasteiger partial charge in [0, 0.05) is 30.9 Å². The molecule has 0 radical (unpaired) electrons. The zero-order valence-electron chi connectivity index (χ0n) is 10.8. The van der Waals surface area contributed by atoms with E-state index in [1.54, 1.807) is 17.5 Å². The minimum Gasteiger partial charge on any atom is -0.314 e. The zero-order chi connectivity index (χ0) is 14.2. The molecule has 2 nitrogen and oxygen atoms in total. The lowest BCUT2D eigenvalue weighted by Gasteiger charge is -2.35. The largest absolute Gasteiger partial charge is 0.408 e. The number of hydrogen-bond acceptors (Lipinski definition) is 3. The van der Waals surface area contributed by atoms with Crippen molar-refractivity contribution < 1.29 is 13.2 Å². The number of benzene rings is 1. The molecule has 20 heavy (non-hydrogen) atoms. The van der Waals surface area contributed by atoms with Gasteiger partial charge < -0.3 is 5.32 Å². The molecule has 6 heteroatoms. The van der Waals surface area contributed by atoms with Crippen molar-refractivity contribution in [3.8, 4) is 0 Å². The Morgan fingerprint density at radius 3 is 2.55 bits per heavy atom. The van der Waals surface area contributed by atoms with E-state index in [9.17, 15) is 13.2 Å². The van der Waals surface area contributed by atoms with Crippen LogP contribution in [0.2, 0.25) is 0 Å². The van der Waals surface area contributed by atoms with E-state index >= 15 is 0 Å². The average Bonchev–Trinajstić information content (AvgIpc) is 2.83. The maximum Gasteiger partial charge on any atom is 0.408 e. The molecule has 0 aliphatic carbocycles. The number of nitrogens with zero attached hydrogens (tertiary/aromatic N) is 1. The molecule has 1 aromatic carbocycles. The van der Waals surface area contributed by atoms with Gasteiger partial charge in [-0.1, -0.05) is 18.2 Å². The molecule has 0 spiro atoms. The van der Waals surface area contributed by atoms with Gasteiger partial charge in [0.2, 0.25) is 0 Å². The first-order valence-corrected chi connectivity index (χ1v) is 7.43. The summed E-state index contributed by atoms with van der Waals surface area (Å²) in [6.07, 6.45) is -4.25. The molecular formula is C14H15F3N2S. The first-order valence-electron chi connectivity index (χ1n) is 6.55. The number of alkyl halides is 3. The number of piperazine rings is 1. The summed E-state index contributed by atoms with van der Waals surface area (Å²) < 4.78 is 41.5. The topological polar surface area (TPSA) is 15.3 Å². The summed E-state index contributed by atoms with van der Waals surface area (Å²) in [7, 11) is 0. The number of fused-ring (bicyclic) bond motifs is 1. The van der Waals surface area contributed by atoms with Gasteiger partial charge in [-0.25, -0.2) is 0 Å². The van der Waals surface area contributed by atoms with Gasteiger partial charge in [-0.15, -0.1) is 11.3 Å². The summed E-state index contributed by atoms with van der Waals surface area (Å²) in [6.45, 7) is 2.06. The van der Waals surface area contributed by atoms with Crippen LogP contribution >= 0.6 is 11.3 Å². The summed E-state index contributed by atoms with van der Waals surface area (Å²) in [5, 5.41) is 5.48. The van der Waals surface area contributed by atoms with Crippen molar-refractivity contribution >= 4 is 21.4 Å². The molecule has 1 N–H and O–H groups in total. The van der Waals surface area contributed by atoms with Gasteiger partial charge in [0.1, 0.15) is 6.04 Å². The van der Waals surface area contributed by atoms with E-state index in [0.29, 0.717) is 31.7 Å². The van der Waals surface area contributed by atoms with Gasteiger partial charge in [-0.05, 0) is 22.4 Å². The van der Waals surface area contributed by atoms with E-state index < -0.39 is 12.2 Å². The summed E-state index contributed by atoms with van der Waals surface area (Å²) in [5.74, 6) is 0. The highest BCUT2D eigenvalue weighted by Crippen LogP contribution is 2.42. The fraction of sp³-hybridized carbons (Fsp3) is 0.429. The summed E-state index contributed by atoms with van der Waals surface area (Å²) in [6, 6.07) is 5.80. The van der Waals surface area contributed by atoms with Crippen molar-refractivity contribution in [2.45, 2.75) is 12.2 Å². The molecule has 1 aromatic heterocycles. The lowest BCUT2D eigenvalue weighted by atomic mass is 10.0. The zero-order valence-corrected chi connectivity index (χ0v) is 11.6. The van der Waals surface area contributed by atoms with Crippen molar-refractivity contribution in [3.05, 3.63) is 35.2 Å². The van der Waals surface area contributed by atoms with Crippen LogP contribution in [0.1, 0.15) is 11.6 Å². The number of halogens is 3. The van der Waals surface area contributed by atoms with E-state index in [-0.39, 0.29) is 0 Å². The fourth-order valence-corrected chi connectivity index (χ4v) is 3.71. The van der Waals surface area contributed by atoms with Crippen LogP contribution in [0.25, 0.3) is 10.1 Å². The second-order valence-electron chi connectivity index (χ2n) is 4.92. The molecule has 0 amide bonds. The Balaban J connectivity index is 2.04. The summed E-state index contributed by atoms with van der Waals surface area (Å²) in [5.41, 5.74) is 0.389. The summed E-state index contributed by atoms with van der Waals surface area (Å²) >= 11 is 1.38. The Kier molecular flexibility index (Phi) is 3.70. The van der Waals surface area contributed by atoms with Gasteiger partial charge in [-0.3, -0.25) is 4.90 Å². The second-order valence-corrected chi connectivity index (χ2v) is 5.83. The molecular weight excluding hydrogens is 285 g/mol. The monoisotopic (exact) mass is 300 g/mol. The Bertz CT molecular complexity index is 587. The van der Waals surface area contributed by atoms with Crippen LogP contribution < -0.4 is 5.32 Å². The molecule has 1 atom stereocenters. The Hall–Kier alpha value is -1.11. The molecule has 1 fully saturated rings. The van der Waals surface area contributed by atoms with E-state index in [1.807, 2.05) is 12.1 Å². The smallest absolute Gasteiger partial charge is 0.314 e. The van der Waals surface area contributed by atoms with Crippen LogP contribution in [0, 0.1) is 0 Å². The lowest BCUT2D eigenvalue weighted by Crippen LogP contribution is -2.48. The standard InChI is InChI=1S/C14H15F3N2S/c15-14(16,17)13(19-7-5-18-6-8-19)11-9-20-12-4-2-1-3-10(11)12/h1-4,9,13,18H,5-8H2/t13-/m1/s1. The third kappa shape index (κ3) is 2.55. The highest BCUT2D eigenvalue weighted by atomic mass is 32.1. The van der Waals surface area contributed by atoms with Crippen LogP contribution in [-0.2, 0) is 0 Å². The third-order valence-corrected chi connectivity index (χ3v) is 4.61. The molecule has 1 aliphatic rings. The molecule has 3 rings (SSSR count). The maximum atomic E-state index is 13.5. The predicted octanol–water partition coefficient (Wildman–Crippen LogP) is 3.41. The predicted molar refractivity (Wildman–Crippen MR) is 75.1 cm³/mol. The first kappa shape index (κ1) is 13.9. The van der Waals surface area contributed by atoms with Crippen LogP contribution in [0.15, 0.2) is 29.6 Å². The molecule has 1 saturated heterocycles. The quantitative estimate of drug-likeness (QED) is 0.914. The van der Waals surface area contributed by atoms with Crippen LogP contribution in [0.4, 0.5) is 13.2 Å². The van der Waals surface area contributed by atoms with Gasteiger partial charge in [-0.2, -0.15) is 13.2 Å². The van der Waals surface area contributed by atoms with Crippen LogP contribution in [0.3, 0.4) is 0 Å². The van der Waals surface area contributed by atoms with Crippen molar-refractivity contribution in [2.75, 3.05) is 26.2 Å². The van der Waals surface area contributed by atoms with Gasteiger partial charge in [0.05, 0.1) is 0 Å². The molecule has 108 valence electrons. The normalized spacial score (nSPS) is 19.4. The second kappa shape index (κ2) is 5.35. The number of thiophene rings is 1. The third-order valence-electron chi connectivity index (χ3n) is 3.63. The number of hydrogen-bond donors (Lipinski definition) is 1. The van der Waals surface area contributed by atoms with Crippen molar-refractivity contribution in [3.63, 3.8) is 0 Å². The fourth-order valence-electron chi connectivity index (χ4n) is 2.73. The van der Waals surface area contributed by atoms with Crippen LogP contribution in [-0.4, -0.2) is 37.3 Å². The number of nitrogens with one attached hydrogen (secondary N) is 1. The van der Waals surface area contributed by atoms with E-state index in [4.69, 9.17) is 0 Å². The lowest BCUT2D eigenvalue weighted by molar-refractivity contribution is -0.187. The molecule has 2 heterocycles. The highest BCUT2D eigenvalue weighted by molar-refractivity contribution is 7.17.